The number of anilines is 1. The van der Waals surface area contributed by atoms with Gasteiger partial charge in [-0.2, -0.15) is 4.98 Å². The molecule has 0 radical (unpaired) electrons. The number of aliphatic hydroxyl groups is 2. The number of nitrogens with zero attached hydrogens (tertiary/aromatic N) is 2. The maximum atomic E-state index is 12.0. The van der Waals surface area contributed by atoms with Gasteiger partial charge in [0.1, 0.15) is 12.3 Å². The Hall–Kier alpha value is -1.48. The molecule has 3 rings (SSSR count). The summed E-state index contributed by atoms with van der Waals surface area (Å²) in [5.41, 5.74) is 3.02. The summed E-state index contributed by atoms with van der Waals surface area (Å²) in [6, 6.07) is 0. The highest BCUT2D eigenvalue weighted by Crippen LogP contribution is 2.28. The minimum Gasteiger partial charge on any atom is -0.394 e. The monoisotopic (exact) mass is 283 g/mol. The molecule has 0 saturated carbocycles. The Bertz CT molecular complexity index is 561. The van der Waals surface area contributed by atoms with Crippen molar-refractivity contribution in [2.24, 2.45) is 0 Å². The lowest BCUT2D eigenvalue weighted by molar-refractivity contribution is -0.0460. The van der Waals surface area contributed by atoms with Crippen molar-refractivity contribution in [2.45, 2.75) is 44.3 Å². The second-order valence-corrected chi connectivity index (χ2v) is 5.15. The van der Waals surface area contributed by atoms with E-state index in [1.54, 1.807) is 6.20 Å². The highest BCUT2D eigenvalue weighted by atomic mass is 16.7. The largest absolute Gasteiger partial charge is 0.394 e. The Morgan fingerprint density at radius 3 is 3.10 bits per heavy atom. The summed E-state index contributed by atoms with van der Waals surface area (Å²) in [6.07, 6.45) is 0.491. The van der Waals surface area contributed by atoms with E-state index in [1.165, 1.54) is 4.57 Å². The summed E-state index contributed by atoms with van der Waals surface area (Å²) < 4.78 is 6.84. The number of hydrogen-bond acceptors (Lipinski definition) is 7. The summed E-state index contributed by atoms with van der Waals surface area (Å²) >= 11 is 0. The first-order chi connectivity index (χ1) is 9.58. The van der Waals surface area contributed by atoms with Crippen molar-refractivity contribution >= 4 is 5.82 Å². The number of ether oxygens (including phenoxy) is 1. The highest BCUT2D eigenvalue weighted by Gasteiger charge is 2.35. The summed E-state index contributed by atoms with van der Waals surface area (Å²) in [6.45, 7) is 1.63. The van der Waals surface area contributed by atoms with Gasteiger partial charge in [0.05, 0.1) is 18.8 Å². The summed E-state index contributed by atoms with van der Waals surface area (Å²) in [5, 5.41) is 18.8. The van der Waals surface area contributed by atoms with Gasteiger partial charge in [-0.15, -0.1) is 0 Å². The van der Waals surface area contributed by atoms with E-state index in [0.29, 0.717) is 12.2 Å². The predicted octanol–water partition coefficient (Wildman–Crippen LogP) is -0.828. The van der Waals surface area contributed by atoms with Gasteiger partial charge in [-0.3, -0.25) is 9.40 Å². The molecule has 2 aliphatic rings. The number of nitrogens with one attached hydrogen (secondary N) is 1. The van der Waals surface area contributed by atoms with Crippen molar-refractivity contribution in [1.82, 2.24) is 9.55 Å². The molecule has 0 amide bonds. The third-order valence-corrected chi connectivity index (χ3v) is 3.59. The molecular formula is C12H17N3O5. The van der Waals surface area contributed by atoms with Crippen LogP contribution in [0.2, 0.25) is 0 Å². The standard InChI is InChI=1S/C12H17N3O5/c1-6-2-7-4-15(12(18)13-11(7)14-20-6)10-3-8(17)9(5-16)19-10/h4,6,8-10,16-17H,2-3,5H2,1H3,(H,13,14,18). The first-order valence-corrected chi connectivity index (χ1v) is 6.56. The third kappa shape index (κ3) is 2.31. The van der Waals surface area contributed by atoms with Crippen LogP contribution in [0.5, 0.6) is 0 Å². The van der Waals surface area contributed by atoms with E-state index in [-0.39, 0.29) is 19.1 Å². The number of aliphatic hydroxyl groups excluding tert-OH is 2. The first kappa shape index (κ1) is 13.5. The minimum absolute atomic E-state index is 0.0180. The van der Waals surface area contributed by atoms with Crippen LogP contribution in [0.4, 0.5) is 5.82 Å². The van der Waals surface area contributed by atoms with Crippen LogP contribution in [0.3, 0.4) is 0 Å². The van der Waals surface area contributed by atoms with Crippen LogP contribution in [0.1, 0.15) is 25.1 Å². The van der Waals surface area contributed by atoms with Crippen LogP contribution in [0, 0.1) is 0 Å². The number of hydrogen-bond donors (Lipinski definition) is 3. The number of aromatic nitrogens is 2. The van der Waals surface area contributed by atoms with Crippen molar-refractivity contribution in [1.29, 1.82) is 0 Å². The average Bonchev–Trinajstić information content (AvgIpc) is 2.79. The van der Waals surface area contributed by atoms with Gasteiger partial charge >= 0.3 is 5.69 Å². The van der Waals surface area contributed by atoms with Crippen LogP contribution in [-0.4, -0.2) is 44.7 Å². The fourth-order valence-electron chi connectivity index (χ4n) is 2.51. The zero-order valence-electron chi connectivity index (χ0n) is 11.0. The van der Waals surface area contributed by atoms with Crippen LogP contribution in [0.15, 0.2) is 11.0 Å². The SMILES string of the molecule is CC1Cc2cn(C3CC(O)C(CO)O3)c(=O)nc2NO1. The Labute approximate surface area is 114 Å². The molecule has 3 N–H and O–H groups in total. The Balaban J connectivity index is 1.91. The van der Waals surface area contributed by atoms with Gasteiger partial charge in [-0.25, -0.2) is 10.3 Å². The van der Waals surface area contributed by atoms with Crippen molar-refractivity contribution in [3.05, 3.63) is 22.2 Å². The van der Waals surface area contributed by atoms with Gasteiger partial charge in [0, 0.05) is 24.6 Å². The lowest BCUT2D eigenvalue weighted by Gasteiger charge is -2.23. The molecule has 20 heavy (non-hydrogen) atoms. The number of fused-ring (bicyclic) bond motifs is 1. The van der Waals surface area contributed by atoms with Crippen molar-refractivity contribution in [3.63, 3.8) is 0 Å². The topological polar surface area (TPSA) is 106 Å². The van der Waals surface area contributed by atoms with Gasteiger partial charge in [-0.1, -0.05) is 0 Å². The van der Waals surface area contributed by atoms with E-state index in [4.69, 9.17) is 14.7 Å². The van der Waals surface area contributed by atoms with Crippen LogP contribution in [-0.2, 0) is 16.0 Å². The Kier molecular flexibility index (Phi) is 3.47. The molecule has 1 fully saturated rings. The molecule has 0 spiro atoms. The summed E-state index contributed by atoms with van der Waals surface area (Å²) in [7, 11) is 0. The van der Waals surface area contributed by atoms with E-state index in [0.717, 1.165) is 5.56 Å². The second kappa shape index (κ2) is 5.13. The average molecular weight is 283 g/mol. The number of rotatable bonds is 2. The molecule has 4 atom stereocenters. The zero-order chi connectivity index (χ0) is 14.3. The summed E-state index contributed by atoms with van der Waals surface area (Å²) in [5.74, 6) is 0.418. The van der Waals surface area contributed by atoms with E-state index in [9.17, 15) is 9.90 Å². The second-order valence-electron chi connectivity index (χ2n) is 5.15. The quantitative estimate of drug-likeness (QED) is 0.650. The van der Waals surface area contributed by atoms with Crippen molar-refractivity contribution < 1.29 is 19.8 Å². The van der Waals surface area contributed by atoms with Crippen molar-refractivity contribution in [2.75, 3.05) is 12.1 Å². The van der Waals surface area contributed by atoms with Gasteiger partial charge < -0.3 is 14.9 Å². The fourth-order valence-corrected chi connectivity index (χ4v) is 2.51. The highest BCUT2D eigenvalue weighted by molar-refractivity contribution is 5.42. The Morgan fingerprint density at radius 2 is 2.40 bits per heavy atom. The maximum Gasteiger partial charge on any atom is 0.351 e. The molecule has 1 aromatic rings. The molecule has 0 aromatic carbocycles. The molecule has 1 aromatic heterocycles. The van der Waals surface area contributed by atoms with Crippen LogP contribution in [0.25, 0.3) is 0 Å². The molecule has 110 valence electrons. The van der Waals surface area contributed by atoms with Gasteiger partial charge in [0.15, 0.2) is 5.82 Å². The van der Waals surface area contributed by atoms with Crippen LogP contribution < -0.4 is 11.2 Å². The molecular weight excluding hydrogens is 266 g/mol. The van der Waals surface area contributed by atoms with E-state index >= 15 is 0 Å². The molecule has 4 unspecified atom stereocenters. The van der Waals surface area contributed by atoms with Crippen LogP contribution >= 0.6 is 0 Å². The predicted molar refractivity (Wildman–Crippen MR) is 68.0 cm³/mol. The Morgan fingerprint density at radius 1 is 1.60 bits per heavy atom. The molecule has 0 aliphatic carbocycles. The molecule has 3 heterocycles. The van der Waals surface area contributed by atoms with E-state index < -0.39 is 24.1 Å². The normalized spacial score (nSPS) is 32.8. The molecule has 8 nitrogen and oxygen atoms in total. The van der Waals surface area contributed by atoms with E-state index in [2.05, 4.69) is 10.5 Å². The molecule has 8 heteroatoms. The first-order valence-electron chi connectivity index (χ1n) is 6.56. The molecule has 1 saturated heterocycles. The van der Waals surface area contributed by atoms with E-state index in [1.807, 2.05) is 6.92 Å². The van der Waals surface area contributed by atoms with Gasteiger partial charge in [0.2, 0.25) is 0 Å². The van der Waals surface area contributed by atoms with Gasteiger partial charge in [-0.05, 0) is 6.92 Å². The maximum absolute atomic E-state index is 12.0. The minimum atomic E-state index is -0.784. The fraction of sp³-hybridized carbons (Fsp3) is 0.667. The smallest absolute Gasteiger partial charge is 0.351 e. The lowest BCUT2D eigenvalue weighted by Crippen LogP contribution is -2.32. The molecule has 0 bridgehead atoms. The van der Waals surface area contributed by atoms with Gasteiger partial charge in [0.25, 0.3) is 0 Å². The molecule has 2 aliphatic heterocycles. The summed E-state index contributed by atoms with van der Waals surface area (Å²) in [4.78, 5) is 21.1. The third-order valence-electron chi connectivity index (χ3n) is 3.59. The lowest BCUT2D eigenvalue weighted by atomic mass is 10.1. The zero-order valence-corrected chi connectivity index (χ0v) is 11.0. The van der Waals surface area contributed by atoms with Crippen molar-refractivity contribution in [3.8, 4) is 0 Å².